The number of rotatable bonds is 2. The summed E-state index contributed by atoms with van der Waals surface area (Å²) >= 11 is 0. The summed E-state index contributed by atoms with van der Waals surface area (Å²) in [5.41, 5.74) is 8.42. The van der Waals surface area contributed by atoms with Crippen LogP contribution in [0.4, 0.5) is 0 Å². The second-order valence-electron chi connectivity index (χ2n) is 7.32. The van der Waals surface area contributed by atoms with E-state index in [1.807, 2.05) is 19.1 Å². The predicted octanol–water partition coefficient (Wildman–Crippen LogP) is 5.76. The van der Waals surface area contributed by atoms with Crippen molar-refractivity contribution < 1.29 is 8.98 Å². The molecule has 0 fully saturated rings. The Morgan fingerprint density at radius 2 is 1.64 bits per heavy atom. The third kappa shape index (κ3) is 2.59. The predicted molar refractivity (Wildman–Crippen MR) is 113 cm³/mol. The van der Waals surface area contributed by atoms with Crippen molar-refractivity contribution >= 4 is 22.1 Å². The highest BCUT2D eigenvalue weighted by Crippen LogP contribution is 2.35. The summed E-state index contributed by atoms with van der Waals surface area (Å²) in [6.45, 7) is 4.14. The zero-order chi connectivity index (χ0) is 19.3. The highest BCUT2D eigenvalue weighted by atomic mass is 16.3. The van der Waals surface area contributed by atoms with Gasteiger partial charge < -0.3 is 4.42 Å². The monoisotopic (exact) mass is 365 g/mol. The molecule has 0 aliphatic rings. The van der Waals surface area contributed by atoms with Crippen LogP contribution in [0.1, 0.15) is 11.3 Å². The molecule has 5 aromatic rings. The van der Waals surface area contributed by atoms with Crippen LogP contribution in [-0.4, -0.2) is 4.98 Å². The Morgan fingerprint density at radius 3 is 2.46 bits per heavy atom. The van der Waals surface area contributed by atoms with Gasteiger partial charge in [0.05, 0.1) is 5.56 Å². The zero-order valence-corrected chi connectivity index (χ0v) is 16.2. The normalized spacial score (nSPS) is 11.4. The van der Waals surface area contributed by atoms with Gasteiger partial charge >= 0.3 is 0 Å². The number of furan rings is 1. The van der Waals surface area contributed by atoms with Gasteiger partial charge in [0.2, 0.25) is 11.4 Å². The molecule has 0 saturated heterocycles. The number of nitrogens with zero attached hydrogens (tertiary/aromatic N) is 2. The highest BCUT2D eigenvalue weighted by Gasteiger charge is 2.20. The quantitative estimate of drug-likeness (QED) is 0.373. The van der Waals surface area contributed by atoms with Gasteiger partial charge in [-0.2, -0.15) is 0 Å². The van der Waals surface area contributed by atoms with Crippen molar-refractivity contribution in [3.63, 3.8) is 0 Å². The van der Waals surface area contributed by atoms with Gasteiger partial charge in [-0.1, -0.05) is 42.5 Å². The Labute approximate surface area is 163 Å². The maximum absolute atomic E-state index is 6.23. The van der Waals surface area contributed by atoms with Crippen molar-refractivity contribution in [2.75, 3.05) is 0 Å². The Hall–Kier alpha value is -3.46. The van der Waals surface area contributed by atoms with Crippen molar-refractivity contribution in [2.24, 2.45) is 7.05 Å². The molecule has 3 aromatic heterocycles. The largest absolute Gasteiger partial charge is 0.437 e. The molecule has 0 saturated carbocycles. The van der Waals surface area contributed by atoms with Crippen molar-refractivity contribution in [1.82, 2.24) is 4.98 Å². The molecule has 2 aromatic carbocycles. The Morgan fingerprint density at radius 1 is 0.821 bits per heavy atom. The van der Waals surface area contributed by atoms with Gasteiger partial charge in [0.1, 0.15) is 7.05 Å². The molecular weight excluding hydrogens is 344 g/mol. The van der Waals surface area contributed by atoms with Gasteiger partial charge in [0, 0.05) is 28.1 Å². The maximum atomic E-state index is 6.23. The minimum atomic E-state index is 0.695. The van der Waals surface area contributed by atoms with Crippen LogP contribution in [0.3, 0.4) is 0 Å². The van der Waals surface area contributed by atoms with Crippen molar-refractivity contribution in [3.8, 4) is 22.4 Å². The van der Waals surface area contributed by atoms with E-state index in [4.69, 9.17) is 4.42 Å². The fourth-order valence-electron chi connectivity index (χ4n) is 3.95. The molecule has 0 unspecified atom stereocenters. The average molecular weight is 365 g/mol. The number of fused-ring (bicyclic) bond motifs is 3. The molecule has 0 N–H and O–H groups in total. The minimum Gasteiger partial charge on any atom is -0.437 e. The second-order valence-corrected chi connectivity index (χ2v) is 7.32. The molecule has 3 heteroatoms. The molecule has 0 aliphatic heterocycles. The minimum absolute atomic E-state index is 0.695. The number of hydrogen-bond donors (Lipinski definition) is 0. The number of pyridine rings is 2. The van der Waals surface area contributed by atoms with Gasteiger partial charge in [0.25, 0.3) is 0 Å². The Kier molecular flexibility index (Phi) is 3.76. The molecule has 5 rings (SSSR count). The van der Waals surface area contributed by atoms with E-state index >= 15 is 0 Å². The molecule has 28 heavy (non-hydrogen) atoms. The van der Waals surface area contributed by atoms with Crippen LogP contribution in [-0.2, 0) is 7.05 Å². The summed E-state index contributed by atoms with van der Waals surface area (Å²) in [5.74, 6) is 0. The SMILES string of the molecule is Cc1ccc2c(n1)oc1c(-c3cc(-c4ccccc4)c(C)c[n+]3C)cccc12. The van der Waals surface area contributed by atoms with Gasteiger partial charge in [-0.05, 0) is 43.2 Å². The van der Waals surface area contributed by atoms with Crippen LogP contribution in [0.25, 0.3) is 44.5 Å². The molecule has 3 nitrogen and oxygen atoms in total. The standard InChI is InChI=1S/C25H21N2O/c1-16-15-27(3)23(14-22(16)18-8-5-4-6-9-18)21-11-7-10-19-20-13-12-17(2)26-25(20)28-24(19)21/h4-15H,1-3H3/q+1. The first-order valence-corrected chi connectivity index (χ1v) is 9.47. The fraction of sp³-hybridized carbons (Fsp3) is 0.120. The molecule has 0 spiro atoms. The van der Waals surface area contributed by atoms with Crippen LogP contribution >= 0.6 is 0 Å². The Balaban J connectivity index is 1.80. The maximum Gasteiger partial charge on any atom is 0.227 e. The summed E-state index contributed by atoms with van der Waals surface area (Å²) in [6, 6.07) is 23.2. The van der Waals surface area contributed by atoms with E-state index in [0.717, 1.165) is 33.3 Å². The third-order valence-electron chi connectivity index (χ3n) is 5.34. The van der Waals surface area contributed by atoms with Crippen LogP contribution in [0.15, 0.2) is 77.3 Å². The van der Waals surface area contributed by atoms with E-state index < -0.39 is 0 Å². The van der Waals surface area contributed by atoms with Crippen molar-refractivity contribution in [1.29, 1.82) is 0 Å². The van der Waals surface area contributed by atoms with Gasteiger partial charge in [-0.15, -0.1) is 0 Å². The summed E-state index contributed by atoms with van der Waals surface area (Å²) in [5, 5.41) is 2.15. The first-order valence-electron chi connectivity index (χ1n) is 9.47. The molecule has 0 atom stereocenters. The first kappa shape index (κ1) is 16.7. The van der Waals surface area contributed by atoms with Gasteiger partial charge in [0.15, 0.2) is 11.8 Å². The second kappa shape index (κ2) is 6.31. The molecule has 0 aliphatic carbocycles. The first-order chi connectivity index (χ1) is 13.6. The van der Waals surface area contributed by atoms with Gasteiger partial charge in [-0.3, -0.25) is 0 Å². The van der Waals surface area contributed by atoms with Gasteiger partial charge in [-0.25, -0.2) is 9.55 Å². The lowest BCUT2D eigenvalue weighted by atomic mass is 9.98. The zero-order valence-electron chi connectivity index (χ0n) is 16.2. The van der Waals surface area contributed by atoms with E-state index in [-0.39, 0.29) is 0 Å². The lowest BCUT2D eigenvalue weighted by molar-refractivity contribution is -0.660. The van der Waals surface area contributed by atoms with Crippen LogP contribution in [0.2, 0.25) is 0 Å². The average Bonchev–Trinajstić information content (AvgIpc) is 3.06. The molecule has 0 amide bonds. The number of aryl methyl sites for hydroxylation is 3. The van der Waals surface area contributed by atoms with Crippen LogP contribution < -0.4 is 4.57 Å². The summed E-state index contributed by atoms with van der Waals surface area (Å²) < 4.78 is 8.39. The van der Waals surface area contributed by atoms with E-state index in [0.29, 0.717) is 5.71 Å². The number of aromatic nitrogens is 2. The van der Waals surface area contributed by atoms with Crippen LogP contribution in [0, 0.1) is 13.8 Å². The van der Waals surface area contributed by atoms with Crippen molar-refractivity contribution in [3.05, 3.63) is 84.2 Å². The van der Waals surface area contributed by atoms with E-state index in [2.05, 4.69) is 84.3 Å². The summed E-state index contributed by atoms with van der Waals surface area (Å²) in [4.78, 5) is 4.58. The Bertz CT molecular complexity index is 1330. The fourth-order valence-corrected chi connectivity index (χ4v) is 3.95. The highest BCUT2D eigenvalue weighted by molar-refractivity contribution is 6.08. The molecule has 0 radical (unpaired) electrons. The van der Waals surface area contributed by atoms with E-state index in [9.17, 15) is 0 Å². The molecule has 3 heterocycles. The van der Waals surface area contributed by atoms with Crippen LogP contribution in [0.5, 0.6) is 0 Å². The molecular formula is C25H21N2O+. The smallest absolute Gasteiger partial charge is 0.227 e. The lowest BCUT2D eigenvalue weighted by Crippen LogP contribution is -2.31. The van der Waals surface area contributed by atoms with Crippen molar-refractivity contribution in [2.45, 2.75) is 13.8 Å². The van der Waals surface area contributed by atoms with E-state index in [1.165, 1.54) is 16.7 Å². The molecule has 136 valence electrons. The van der Waals surface area contributed by atoms with E-state index in [1.54, 1.807) is 0 Å². The number of benzene rings is 2. The summed E-state index contributed by atoms with van der Waals surface area (Å²) in [7, 11) is 2.08. The topological polar surface area (TPSA) is 29.9 Å². The lowest BCUT2D eigenvalue weighted by Gasteiger charge is -2.08. The number of hydrogen-bond acceptors (Lipinski definition) is 2. The third-order valence-corrected chi connectivity index (χ3v) is 5.34. The number of para-hydroxylation sites is 1. The molecule has 0 bridgehead atoms. The summed E-state index contributed by atoms with van der Waals surface area (Å²) in [6.07, 6.45) is 2.18.